The molecule has 2 aromatic rings. The molecule has 0 spiro atoms. The van der Waals surface area contributed by atoms with E-state index in [1.54, 1.807) is 6.07 Å². The predicted molar refractivity (Wildman–Crippen MR) is 125 cm³/mol. The van der Waals surface area contributed by atoms with Gasteiger partial charge in [-0.1, -0.05) is 29.3 Å². The lowest BCUT2D eigenvalue weighted by Gasteiger charge is -2.38. The van der Waals surface area contributed by atoms with Crippen molar-refractivity contribution in [2.45, 2.75) is 32.0 Å². The Morgan fingerprint density at radius 2 is 1.66 bits per heavy atom. The largest absolute Gasteiger partial charge is 0.416 e. The van der Waals surface area contributed by atoms with Gasteiger partial charge in [-0.3, -0.25) is 9.80 Å². The fraction of sp³-hybridized carbons (Fsp3) is 0.500. The summed E-state index contributed by atoms with van der Waals surface area (Å²) in [5, 5.41) is 1.23. The Bertz CT molecular complexity index is 943. The van der Waals surface area contributed by atoms with Crippen LogP contribution in [0.25, 0.3) is 0 Å². The van der Waals surface area contributed by atoms with Crippen molar-refractivity contribution in [3.05, 3.63) is 63.1 Å². The van der Waals surface area contributed by atoms with Crippen LogP contribution in [0.3, 0.4) is 0 Å². The van der Waals surface area contributed by atoms with E-state index in [0.29, 0.717) is 21.8 Å². The third-order valence-corrected chi connectivity index (χ3v) is 7.40. The standard InChI is InChI=1S/C24H28Cl2F3N3/c1-17-21-16-23(26)22(25)14-18(21)6-9-31(17)8-3-7-30-10-12-32(13-11-30)20-5-2-4-19(15-20)24(27,28)29/h2,4-5,14-17H,3,6-13H2,1H3. The maximum atomic E-state index is 13.0. The van der Waals surface area contributed by atoms with Crippen molar-refractivity contribution in [3.8, 4) is 0 Å². The van der Waals surface area contributed by atoms with Crippen molar-refractivity contribution in [1.82, 2.24) is 9.80 Å². The monoisotopic (exact) mass is 485 g/mol. The van der Waals surface area contributed by atoms with E-state index in [-0.39, 0.29) is 0 Å². The molecule has 2 heterocycles. The molecule has 0 bridgehead atoms. The van der Waals surface area contributed by atoms with Gasteiger partial charge in [0.25, 0.3) is 0 Å². The molecule has 0 radical (unpaired) electrons. The van der Waals surface area contributed by atoms with Crippen molar-refractivity contribution in [2.24, 2.45) is 0 Å². The van der Waals surface area contributed by atoms with E-state index in [1.165, 1.54) is 23.3 Å². The van der Waals surface area contributed by atoms with Crippen molar-refractivity contribution < 1.29 is 13.2 Å². The molecule has 3 nitrogen and oxygen atoms in total. The third-order valence-electron chi connectivity index (χ3n) is 6.68. The van der Waals surface area contributed by atoms with Gasteiger partial charge in [-0.25, -0.2) is 0 Å². The Morgan fingerprint density at radius 3 is 2.38 bits per heavy atom. The van der Waals surface area contributed by atoms with E-state index in [0.717, 1.165) is 64.7 Å². The van der Waals surface area contributed by atoms with Crippen LogP contribution < -0.4 is 4.90 Å². The minimum Gasteiger partial charge on any atom is -0.369 e. The van der Waals surface area contributed by atoms with Gasteiger partial charge in [-0.05, 0) is 74.3 Å². The highest BCUT2D eigenvalue weighted by Crippen LogP contribution is 2.35. The van der Waals surface area contributed by atoms with E-state index in [1.807, 2.05) is 17.0 Å². The second kappa shape index (κ2) is 9.80. The molecule has 0 aliphatic carbocycles. The zero-order valence-electron chi connectivity index (χ0n) is 18.1. The fourth-order valence-electron chi connectivity index (χ4n) is 4.77. The summed E-state index contributed by atoms with van der Waals surface area (Å²) >= 11 is 12.4. The van der Waals surface area contributed by atoms with Crippen molar-refractivity contribution in [3.63, 3.8) is 0 Å². The van der Waals surface area contributed by atoms with E-state index >= 15 is 0 Å². The van der Waals surface area contributed by atoms with Gasteiger partial charge in [0.05, 0.1) is 15.6 Å². The Hall–Kier alpha value is -1.47. The summed E-state index contributed by atoms with van der Waals surface area (Å²) in [6.07, 6.45) is -2.27. The van der Waals surface area contributed by atoms with Crippen LogP contribution in [0.2, 0.25) is 10.0 Å². The number of piperazine rings is 1. The Morgan fingerprint density at radius 1 is 0.938 bits per heavy atom. The number of hydrogen-bond acceptors (Lipinski definition) is 3. The van der Waals surface area contributed by atoms with Gasteiger partial charge in [0.15, 0.2) is 0 Å². The number of alkyl halides is 3. The quantitative estimate of drug-likeness (QED) is 0.503. The molecule has 174 valence electrons. The summed E-state index contributed by atoms with van der Waals surface area (Å²) in [6.45, 7) is 8.45. The number of benzene rings is 2. The van der Waals surface area contributed by atoms with Gasteiger partial charge in [-0.2, -0.15) is 13.2 Å². The van der Waals surface area contributed by atoms with E-state index < -0.39 is 11.7 Å². The first-order chi connectivity index (χ1) is 15.2. The lowest BCUT2D eigenvalue weighted by Crippen LogP contribution is -2.47. The van der Waals surface area contributed by atoms with Crippen molar-refractivity contribution >= 4 is 28.9 Å². The lowest BCUT2D eigenvalue weighted by atomic mass is 9.93. The molecule has 32 heavy (non-hydrogen) atoms. The van der Waals surface area contributed by atoms with Gasteiger partial charge in [0.1, 0.15) is 0 Å². The molecule has 0 saturated carbocycles. The van der Waals surface area contributed by atoms with Gasteiger partial charge in [0.2, 0.25) is 0 Å². The number of rotatable bonds is 5. The molecule has 1 fully saturated rings. The summed E-state index contributed by atoms with van der Waals surface area (Å²) in [4.78, 5) is 6.94. The summed E-state index contributed by atoms with van der Waals surface area (Å²) < 4.78 is 39.0. The van der Waals surface area contributed by atoms with Crippen LogP contribution >= 0.6 is 23.2 Å². The average molecular weight is 486 g/mol. The maximum absolute atomic E-state index is 13.0. The van der Waals surface area contributed by atoms with E-state index in [9.17, 15) is 13.2 Å². The average Bonchev–Trinajstić information content (AvgIpc) is 2.77. The normalized spacial score (nSPS) is 20.4. The topological polar surface area (TPSA) is 9.72 Å². The van der Waals surface area contributed by atoms with Gasteiger partial charge >= 0.3 is 6.18 Å². The number of anilines is 1. The molecular formula is C24H28Cl2F3N3. The zero-order chi connectivity index (χ0) is 22.9. The SMILES string of the molecule is CC1c2cc(Cl)c(Cl)cc2CCN1CCCN1CCN(c2cccc(C(F)(F)F)c2)CC1. The summed E-state index contributed by atoms with van der Waals surface area (Å²) in [7, 11) is 0. The maximum Gasteiger partial charge on any atom is 0.416 e. The first-order valence-electron chi connectivity index (χ1n) is 11.1. The first-order valence-corrected chi connectivity index (χ1v) is 11.8. The molecule has 2 aliphatic rings. The van der Waals surface area contributed by atoms with Crippen LogP contribution in [0, 0.1) is 0 Å². The van der Waals surface area contributed by atoms with Gasteiger partial charge in [-0.15, -0.1) is 0 Å². The summed E-state index contributed by atoms with van der Waals surface area (Å²) in [6, 6.07) is 9.95. The smallest absolute Gasteiger partial charge is 0.369 e. The molecule has 4 rings (SSSR count). The van der Waals surface area contributed by atoms with Crippen LogP contribution in [0.5, 0.6) is 0 Å². The Balaban J connectivity index is 1.25. The van der Waals surface area contributed by atoms with Crippen LogP contribution in [-0.4, -0.2) is 55.6 Å². The first kappa shape index (κ1) is 23.7. The second-order valence-corrected chi connectivity index (χ2v) is 9.47. The molecule has 2 aromatic carbocycles. The highest BCUT2D eigenvalue weighted by Gasteiger charge is 2.31. The Labute approximate surface area is 197 Å². The molecule has 0 N–H and O–H groups in total. The molecule has 2 aliphatic heterocycles. The van der Waals surface area contributed by atoms with Gasteiger partial charge < -0.3 is 4.90 Å². The third kappa shape index (κ3) is 5.36. The highest BCUT2D eigenvalue weighted by molar-refractivity contribution is 6.42. The summed E-state index contributed by atoms with van der Waals surface area (Å²) in [5.41, 5.74) is 2.62. The number of halogens is 5. The zero-order valence-corrected chi connectivity index (χ0v) is 19.6. The number of fused-ring (bicyclic) bond motifs is 1. The molecule has 1 saturated heterocycles. The van der Waals surface area contributed by atoms with Crippen LogP contribution in [0.4, 0.5) is 18.9 Å². The minimum atomic E-state index is -4.30. The molecule has 0 aromatic heterocycles. The minimum absolute atomic E-state index is 0.311. The summed E-state index contributed by atoms with van der Waals surface area (Å²) in [5.74, 6) is 0. The fourth-order valence-corrected chi connectivity index (χ4v) is 5.13. The molecule has 1 atom stereocenters. The second-order valence-electron chi connectivity index (χ2n) is 8.66. The van der Waals surface area contributed by atoms with Crippen molar-refractivity contribution in [2.75, 3.05) is 50.7 Å². The highest BCUT2D eigenvalue weighted by atomic mass is 35.5. The number of nitrogens with zero attached hydrogens (tertiary/aromatic N) is 3. The van der Waals surface area contributed by atoms with E-state index in [2.05, 4.69) is 16.7 Å². The van der Waals surface area contributed by atoms with Crippen LogP contribution in [0.15, 0.2) is 36.4 Å². The molecular weight excluding hydrogens is 458 g/mol. The Kier molecular flexibility index (Phi) is 7.25. The van der Waals surface area contributed by atoms with E-state index in [4.69, 9.17) is 23.2 Å². The van der Waals surface area contributed by atoms with Gasteiger partial charge in [0, 0.05) is 44.5 Å². The predicted octanol–water partition coefficient (Wildman–Crippen LogP) is 6.14. The van der Waals surface area contributed by atoms with Crippen LogP contribution in [0.1, 0.15) is 36.1 Å². The molecule has 1 unspecified atom stereocenters. The van der Waals surface area contributed by atoms with Crippen LogP contribution in [-0.2, 0) is 12.6 Å². The molecule has 8 heteroatoms. The molecule has 0 amide bonds. The van der Waals surface area contributed by atoms with Crippen molar-refractivity contribution in [1.29, 1.82) is 0 Å². The number of hydrogen-bond donors (Lipinski definition) is 0. The lowest BCUT2D eigenvalue weighted by molar-refractivity contribution is -0.137.